The zero-order valence-electron chi connectivity index (χ0n) is 12.5. The number of fused-ring (bicyclic) bond motifs is 7. The van der Waals surface area contributed by atoms with Crippen LogP contribution in [0.1, 0.15) is 11.5 Å². The fraction of sp³-hybridized carbons (Fsp3) is 0.0625. The number of imidazole rings is 1. The van der Waals surface area contributed by atoms with E-state index >= 15 is 0 Å². The van der Waals surface area contributed by atoms with Gasteiger partial charge in [0.05, 0.1) is 30.4 Å². The van der Waals surface area contributed by atoms with Crippen LogP contribution in [0, 0.1) is 0 Å². The predicted molar refractivity (Wildman–Crippen MR) is 89.5 cm³/mol. The van der Waals surface area contributed by atoms with E-state index in [1.54, 1.807) is 12.4 Å². The van der Waals surface area contributed by atoms with Gasteiger partial charge >= 0.3 is 0 Å². The third-order valence-electron chi connectivity index (χ3n) is 3.68. The van der Waals surface area contributed by atoms with Gasteiger partial charge in [0, 0.05) is 23.7 Å². The average molecular weight is 316 g/mol. The lowest BCUT2D eigenvalue weighted by atomic mass is 10.3. The molecule has 2 N–H and O–H groups in total. The molecule has 0 fully saturated rings. The summed E-state index contributed by atoms with van der Waals surface area (Å²) >= 11 is 0. The molecule has 0 atom stereocenters. The third-order valence-corrected chi connectivity index (χ3v) is 3.68. The van der Waals surface area contributed by atoms with E-state index in [0.717, 1.165) is 22.2 Å². The maximum absolute atomic E-state index is 4.49. The van der Waals surface area contributed by atoms with E-state index in [9.17, 15) is 0 Å². The van der Waals surface area contributed by atoms with Crippen LogP contribution in [0.25, 0.3) is 12.2 Å². The Bertz CT molecular complexity index is 1130. The summed E-state index contributed by atoms with van der Waals surface area (Å²) < 4.78 is 1.81. The molecule has 0 saturated carbocycles. The lowest BCUT2D eigenvalue weighted by Gasteiger charge is -1.97. The summed E-state index contributed by atoms with van der Waals surface area (Å²) in [5.41, 5.74) is 2.47. The number of aliphatic imine (C=N–C) groups is 2. The van der Waals surface area contributed by atoms with Crippen LogP contribution in [0.4, 0.5) is 5.82 Å². The Morgan fingerprint density at radius 1 is 1.04 bits per heavy atom. The van der Waals surface area contributed by atoms with Crippen molar-refractivity contribution in [3.8, 4) is 0 Å². The second-order valence-electron chi connectivity index (χ2n) is 5.52. The van der Waals surface area contributed by atoms with Gasteiger partial charge in [-0.15, -0.1) is 0 Å². The molecule has 24 heavy (non-hydrogen) atoms. The fourth-order valence-electron chi connectivity index (χ4n) is 2.62. The Morgan fingerprint density at radius 2 is 2.04 bits per heavy atom. The van der Waals surface area contributed by atoms with E-state index in [-0.39, 0.29) is 0 Å². The number of nitrogens with one attached hydrogen (secondary N) is 2. The van der Waals surface area contributed by atoms with Crippen LogP contribution < -0.4 is 10.8 Å². The maximum atomic E-state index is 4.49. The zero-order valence-corrected chi connectivity index (χ0v) is 12.5. The minimum atomic E-state index is 0.591. The maximum Gasteiger partial charge on any atom is 0.175 e. The molecule has 3 aromatic rings. The van der Waals surface area contributed by atoms with Crippen molar-refractivity contribution < 1.29 is 0 Å². The molecule has 116 valence electrons. The minimum Gasteiger partial charge on any atom is -0.341 e. The smallest absolute Gasteiger partial charge is 0.175 e. The highest BCUT2D eigenvalue weighted by Crippen LogP contribution is 2.12. The molecule has 0 spiro atoms. The second-order valence-corrected chi connectivity index (χ2v) is 5.52. The van der Waals surface area contributed by atoms with Crippen molar-refractivity contribution >= 4 is 29.9 Å². The largest absolute Gasteiger partial charge is 0.341 e. The molecule has 8 bridgehead atoms. The normalized spacial score (nSPS) is 19.1. The van der Waals surface area contributed by atoms with Crippen LogP contribution in [-0.2, 0) is 6.54 Å². The average Bonchev–Trinajstić information content (AvgIpc) is 3.32. The topological polar surface area (TPSA) is 99.4 Å². The molecule has 0 unspecified atom stereocenters. The first-order chi connectivity index (χ1) is 11.8. The third kappa shape index (κ3) is 2.39. The van der Waals surface area contributed by atoms with Crippen LogP contribution in [-0.4, -0.2) is 36.7 Å². The van der Waals surface area contributed by atoms with E-state index < -0.39 is 0 Å². The first-order valence-electron chi connectivity index (χ1n) is 7.47. The van der Waals surface area contributed by atoms with Gasteiger partial charge < -0.3 is 9.97 Å². The molecule has 8 nitrogen and oxygen atoms in total. The van der Waals surface area contributed by atoms with Gasteiger partial charge in [0.2, 0.25) is 0 Å². The Balaban J connectivity index is 1.70. The van der Waals surface area contributed by atoms with Crippen molar-refractivity contribution in [2.24, 2.45) is 15.0 Å². The van der Waals surface area contributed by atoms with E-state index in [1.165, 1.54) is 0 Å². The van der Waals surface area contributed by atoms with Crippen LogP contribution in [0.3, 0.4) is 0 Å². The first-order valence-corrected chi connectivity index (χ1v) is 7.47. The molecule has 2 aliphatic heterocycles. The summed E-state index contributed by atoms with van der Waals surface area (Å²) in [5.74, 6) is 1.98. The lowest BCUT2D eigenvalue weighted by Crippen LogP contribution is -2.11. The highest BCUT2D eigenvalue weighted by molar-refractivity contribution is 6.45. The summed E-state index contributed by atoms with van der Waals surface area (Å²) in [6.45, 7) is 0.591. The van der Waals surface area contributed by atoms with Gasteiger partial charge in [-0.25, -0.2) is 20.0 Å². The standard InChI is InChI=1S/C16H12N8/c1-2-13-19-10(1)5-11-7-17-15(20-11)6-16-18-8-12(21-16)9-24-4-3-14(22-13)23-24/h1-8H,9H2,(H,18,21)(H,19,22,23)/b10-5-,15-6-. The SMILES string of the molecule is C1=N/C2=C/c3ncc([nH]3)Cn3ccc(n3)N=c3cc/c([nH]3)=C/C1=N2. The predicted octanol–water partition coefficient (Wildman–Crippen LogP) is 0.552. The summed E-state index contributed by atoms with van der Waals surface area (Å²) in [6, 6.07) is 5.73. The van der Waals surface area contributed by atoms with Gasteiger partial charge in [0.15, 0.2) is 11.6 Å². The van der Waals surface area contributed by atoms with E-state index in [4.69, 9.17) is 0 Å². The van der Waals surface area contributed by atoms with E-state index in [2.05, 4.69) is 35.0 Å². The number of hydrogen-bond acceptors (Lipinski definition) is 5. The van der Waals surface area contributed by atoms with Crippen LogP contribution in [0.5, 0.6) is 0 Å². The van der Waals surface area contributed by atoms with Crippen molar-refractivity contribution in [2.45, 2.75) is 6.54 Å². The molecule has 0 saturated heterocycles. The molecular formula is C16H12N8. The quantitative estimate of drug-likeness (QED) is 0.633. The zero-order chi connectivity index (χ0) is 15.9. The Labute approximate surface area is 135 Å². The fourth-order valence-corrected chi connectivity index (χ4v) is 2.62. The van der Waals surface area contributed by atoms with Crippen LogP contribution in [0.15, 0.2) is 51.4 Å². The molecular weight excluding hydrogens is 304 g/mol. The van der Waals surface area contributed by atoms with Crippen molar-refractivity contribution in [3.63, 3.8) is 0 Å². The number of rotatable bonds is 0. The molecule has 5 heterocycles. The molecule has 2 aliphatic rings. The van der Waals surface area contributed by atoms with E-state index in [1.807, 2.05) is 41.2 Å². The molecule has 3 aromatic heterocycles. The van der Waals surface area contributed by atoms with Gasteiger partial charge in [-0.05, 0) is 18.2 Å². The van der Waals surface area contributed by atoms with Crippen molar-refractivity contribution in [3.05, 3.63) is 58.8 Å². The minimum absolute atomic E-state index is 0.591. The van der Waals surface area contributed by atoms with Gasteiger partial charge in [-0.1, -0.05) is 0 Å². The van der Waals surface area contributed by atoms with Gasteiger partial charge in [-0.3, -0.25) is 4.68 Å². The Hall–Kier alpha value is -3.55. The van der Waals surface area contributed by atoms with Crippen LogP contribution in [0.2, 0.25) is 0 Å². The van der Waals surface area contributed by atoms with Crippen molar-refractivity contribution in [1.29, 1.82) is 0 Å². The Morgan fingerprint density at radius 3 is 3.04 bits per heavy atom. The molecule has 0 aliphatic carbocycles. The number of hydrogen-bond donors (Lipinski definition) is 2. The van der Waals surface area contributed by atoms with Gasteiger partial charge in [0.25, 0.3) is 0 Å². The molecule has 8 heteroatoms. The van der Waals surface area contributed by atoms with Crippen molar-refractivity contribution in [1.82, 2.24) is 24.7 Å². The second kappa shape index (κ2) is 4.98. The number of aromatic amines is 2. The number of H-pyrrole nitrogens is 2. The monoisotopic (exact) mass is 316 g/mol. The lowest BCUT2D eigenvalue weighted by molar-refractivity contribution is 0.675. The van der Waals surface area contributed by atoms with Crippen molar-refractivity contribution in [2.75, 3.05) is 0 Å². The van der Waals surface area contributed by atoms with E-state index in [0.29, 0.717) is 24.0 Å². The summed E-state index contributed by atoms with van der Waals surface area (Å²) in [4.78, 5) is 24.1. The Kier molecular flexibility index (Phi) is 2.69. The number of nitrogens with zero attached hydrogens (tertiary/aromatic N) is 6. The number of aromatic nitrogens is 5. The van der Waals surface area contributed by atoms with Crippen LogP contribution >= 0.6 is 0 Å². The molecule has 0 aromatic carbocycles. The highest BCUT2D eigenvalue weighted by atomic mass is 15.3. The van der Waals surface area contributed by atoms with Gasteiger partial charge in [0.1, 0.15) is 11.3 Å². The summed E-state index contributed by atoms with van der Waals surface area (Å²) in [7, 11) is 0. The first kappa shape index (κ1) is 12.9. The highest BCUT2D eigenvalue weighted by Gasteiger charge is 2.07. The summed E-state index contributed by atoms with van der Waals surface area (Å²) in [5, 5.41) is 5.36. The molecule has 5 rings (SSSR count). The van der Waals surface area contributed by atoms with Gasteiger partial charge in [-0.2, -0.15) is 5.10 Å². The summed E-state index contributed by atoms with van der Waals surface area (Å²) in [6.07, 6.45) is 9.14. The molecule has 0 radical (unpaired) electrons. The molecule has 0 amide bonds.